The summed E-state index contributed by atoms with van der Waals surface area (Å²) in [6.45, 7) is 13.3. The van der Waals surface area contributed by atoms with Crippen molar-refractivity contribution < 1.29 is 0 Å². The third-order valence-electron chi connectivity index (χ3n) is 2.74. The number of allylic oxidation sites excluding steroid dienone is 2. The fraction of sp³-hybridized carbons (Fsp3) is 0.467. The van der Waals surface area contributed by atoms with E-state index in [1.165, 1.54) is 0 Å². The predicted molar refractivity (Wildman–Crippen MR) is 94.9 cm³/mol. The molecule has 0 aliphatic rings. The van der Waals surface area contributed by atoms with E-state index in [1.807, 2.05) is 23.9 Å². The molecule has 0 amide bonds. The first-order valence-corrected chi connectivity index (χ1v) is 7.92. The van der Waals surface area contributed by atoms with E-state index in [9.17, 15) is 0 Å². The monoisotopic (exact) mass is 386 g/mol. The number of hydrogen-bond acceptors (Lipinski definition) is 2. The minimum atomic E-state index is 0.354. The molecule has 5 heteroatoms. The largest absolute Gasteiger partial charge is 0.374 e. The molecular weight excluding hydrogens is 363 g/mol. The van der Waals surface area contributed by atoms with E-state index < -0.39 is 0 Å². The first-order chi connectivity index (χ1) is 9.45. The van der Waals surface area contributed by atoms with Gasteiger partial charge in [0.25, 0.3) is 0 Å². The van der Waals surface area contributed by atoms with Crippen LogP contribution in [0.4, 0.5) is 0 Å². The lowest BCUT2D eigenvalue weighted by Gasteiger charge is -2.02. The third kappa shape index (κ3) is 5.11. The molecule has 20 heavy (non-hydrogen) atoms. The van der Waals surface area contributed by atoms with Crippen molar-refractivity contribution in [2.75, 3.05) is 6.54 Å². The summed E-state index contributed by atoms with van der Waals surface area (Å²) in [6.07, 6.45) is 6.82. The Morgan fingerprint density at radius 3 is 2.85 bits per heavy atom. The highest BCUT2D eigenvalue weighted by molar-refractivity contribution is 14.1. The van der Waals surface area contributed by atoms with Crippen molar-refractivity contribution in [2.45, 2.75) is 40.2 Å². The molecule has 1 rings (SSSR count). The minimum absolute atomic E-state index is 0.354. The molecule has 4 nitrogen and oxygen atoms in total. The van der Waals surface area contributed by atoms with Gasteiger partial charge in [0.1, 0.15) is 3.70 Å². The maximum atomic E-state index is 4.48. The fourth-order valence-corrected chi connectivity index (χ4v) is 2.26. The Morgan fingerprint density at radius 2 is 2.30 bits per heavy atom. The lowest BCUT2D eigenvalue weighted by Crippen LogP contribution is -2.20. The summed E-state index contributed by atoms with van der Waals surface area (Å²) in [5, 5.41) is 7.70. The van der Waals surface area contributed by atoms with Gasteiger partial charge in [-0.1, -0.05) is 13.5 Å². The summed E-state index contributed by atoms with van der Waals surface area (Å²) in [5.41, 5.74) is 1.98. The van der Waals surface area contributed by atoms with Crippen molar-refractivity contribution in [3.05, 3.63) is 34.3 Å². The normalized spacial score (nSPS) is 12.4. The Balaban J connectivity index is 2.71. The molecule has 0 aromatic carbocycles. The molecule has 0 atom stereocenters. The number of halogens is 1. The summed E-state index contributed by atoms with van der Waals surface area (Å²) < 4.78 is 2.92. The van der Waals surface area contributed by atoms with Gasteiger partial charge in [0.05, 0.1) is 5.84 Å². The second-order valence-electron chi connectivity index (χ2n) is 4.89. The van der Waals surface area contributed by atoms with E-state index in [1.54, 1.807) is 6.20 Å². The number of nitrogens with zero attached hydrogens (tertiary/aromatic N) is 3. The molecule has 0 saturated carbocycles. The molecular formula is C15H23IN4. The van der Waals surface area contributed by atoms with Crippen LogP contribution in [0.1, 0.15) is 45.7 Å². The van der Waals surface area contributed by atoms with Crippen LogP contribution in [-0.2, 0) is 0 Å². The smallest absolute Gasteiger partial charge is 0.131 e. The van der Waals surface area contributed by atoms with Crippen LogP contribution in [0.3, 0.4) is 0 Å². The van der Waals surface area contributed by atoms with Gasteiger partial charge in [-0.25, -0.2) is 4.99 Å². The second-order valence-corrected chi connectivity index (χ2v) is 5.91. The summed E-state index contributed by atoms with van der Waals surface area (Å²) in [7, 11) is 0. The van der Waals surface area contributed by atoms with Crippen molar-refractivity contribution in [1.82, 2.24) is 15.1 Å². The van der Waals surface area contributed by atoms with Crippen molar-refractivity contribution in [2.24, 2.45) is 4.99 Å². The van der Waals surface area contributed by atoms with Crippen LogP contribution in [0.25, 0.3) is 5.57 Å². The average molecular weight is 386 g/mol. The highest BCUT2D eigenvalue weighted by Gasteiger charge is 2.09. The second kappa shape index (κ2) is 8.24. The highest BCUT2D eigenvalue weighted by atomic mass is 127. The van der Waals surface area contributed by atoms with Gasteiger partial charge in [-0.3, -0.25) is 4.68 Å². The number of aliphatic imine (C=N–C) groups is 1. The SMILES string of the molecule is C=C(/C=C\N=C(/C)NCCC)c1cn(C(C)C)nc1I. The van der Waals surface area contributed by atoms with E-state index in [4.69, 9.17) is 0 Å². The summed E-state index contributed by atoms with van der Waals surface area (Å²) >= 11 is 2.24. The van der Waals surface area contributed by atoms with E-state index in [0.29, 0.717) is 6.04 Å². The van der Waals surface area contributed by atoms with Gasteiger partial charge in [-0.05, 0) is 61.4 Å². The molecule has 1 aromatic heterocycles. The van der Waals surface area contributed by atoms with Gasteiger partial charge in [0.2, 0.25) is 0 Å². The molecule has 110 valence electrons. The lowest BCUT2D eigenvalue weighted by molar-refractivity contribution is 0.529. The Kier molecular flexibility index (Phi) is 6.98. The molecule has 0 unspecified atom stereocenters. The Morgan fingerprint density at radius 1 is 1.60 bits per heavy atom. The van der Waals surface area contributed by atoms with Crippen molar-refractivity contribution >= 4 is 34.0 Å². The first-order valence-electron chi connectivity index (χ1n) is 6.84. The number of nitrogens with one attached hydrogen (secondary N) is 1. The van der Waals surface area contributed by atoms with E-state index in [2.05, 4.69) is 65.3 Å². The van der Waals surface area contributed by atoms with Crippen LogP contribution in [0, 0.1) is 3.70 Å². The standard InChI is InChI=1S/C15H23IN4/c1-6-8-17-13(5)18-9-7-12(4)14-10-20(11(2)3)19-15(14)16/h7,9-11H,4,6,8H2,1-3,5H3,(H,17,18)/b9-7-. The van der Waals surface area contributed by atoms with Crippen LogP contribution < -0.4 is 5.32 Å². The topological polar surface area (TPSA) is 42.2 Å². The molecule has 1 N–H and O–H groups in total. The minimum Gasteiger partial charge on any atom is -0.374 e. The molecule has 0 saturated heterocycles. The molecule has 0 fully saturated rings. The molecule has 0 aliphatic carbocycles. The average Bonchev–Trinajstić information content (AvgIpc) is 2.78. The molecule has 0 aliphatic heterocycles. The highest BCUT2D eigenvalue weighted by Crippen LogP contribution is 2.21. The maximum absolute atomic E-state index is 4.48. The van der Waals surface area contributed by atoms with Gasteiger partial charge < -0.3 is 5.32 Å². The summed E-state index contributed by atoms with van der Waals surface area (Å²) in [6, 6.07) is 0.354. The van der Waals surface area contributed by atoms with Crippen molar-refractivity contribution in [3.63, 3.8) is 0 Å². The predicted octanol–water partition coefficient (Wildman–Crippen LogP) is 4.01. The van der Waals surface area contributed by atoms with Crippen molar-refractivity contribution in [1.29, 1.82) is 0 Å². The van der Waals surface area contributed by atoms with E-state index in [-0.39, 0.29) is 0 Å². The van der Waals surface area contributed by atoms with Crippen LogP contribution in [0.15, 0.2) is 30.0 Å². The molecule has 0 bridgehead atoms. The number of hydrogen-bond donors (Lipinski definition) is 1. The fourth-order valence-electron chi connectivity index (χ4n) is 1.53. The quantitative estimate of drug-likeness (QED) is 0.347. The van der Waals surface area contributed by atoms with Gasteiger partial charge in [-0.2, -0.15) is 5.10 Å². The maximum Gasteiger partial charge on any atom is 0.131 e. The van der Waals surface area contributed by atoms with Crippen LogP contribution >= 0.6 is 22.6 Å². The Bertz CT molecular complexity index is 512. The molecule has 1 heterocycles. The van der Waals surface area contributed by atoms with Gasteiger partial charge in [0, 0.05) is 30.5 Å². The molecule has 0 radical (unpaired) electrons. The van der Waals surface area contributed by atoms with E-state index >= 15 is 0 Å². The van der Waals surface area contributed by atoms with Gasteiger partial charge >= 0.3 is 0 Å². The van der Waals surface area contributed by atoms with Crippen LogP contribution in [0.5, 0.6) is 0 Å². The lowest BCUT2D eigenvalue weighted by atomic mass is 10.2. The summed E-state index contributed by atoms with van der Waals surface area (Å²) in [5.74, 6) is 0.920. The van der Waals surface area contributed by atoms with Crippen molar-refractivity contribution in [3.8, 4) is 0 Å². The number of amidine groups is 1. The van der Waals surface area contributed by atoms with Crippen LogP contribution in [-0.4, -0.2) is 22.2 Å². The summed E-state index contributed by atoms with van der Waals surface area (Å²) in [4.78, 5) is 4.33. The van der Waals surface area contributed by atoms with E-state index in [0.717, 1.165) is 33.6 Å². The zero-order chi connectivity index (χ0) is 15.1. The third-order valence-corrected chi connectivity index (χ3v) is 3.53. The Hall–Kier alpha value is -1.11. The number of aromatic nitrogens is 2. The number of rotatable bonds is 6. The van der Waals surface area contributed by atoms with Gasteiger partial charge in [-0.15, -0.1) is 0 Å². The zero-order valence-electron chi connectivity index (χ0n) is 12.7. The molecule has 0 spiro atoms. The zero-order valence-corrected chi connectivity index (χ0v) is 14.8. The first kappa shape index (κ1) is 16.9. The molecule has 1 aromatic rings. The van der Waals surface area contributed by atoms with Gasteiger partial charge in [0.15, 0.2) is 0 Å². The van der Waals surface area contributed by atoms with Crippen LogP contribution in [0.2, 0.25) is 0 Å². The Labute approximate surface area is 135 Å².